The molecule has 0 spiro atoms. The molecule has 1 nitrogen and oxygen atoms in total. The first-order chi connectivity index (χ1) is 8.08. The molecule has 1 aromatic heterocycles. The summed E-state index contributed by atoms with van der Waals surface area (Å²) in [6.07, 6.45) is -0.515. The molecule has 0 aliphatic rings. The highest BCUT2D eigenvalue weighted by Gasteiger charge is 2.16. The van der Waals surface area contributed by atoms with Gasteiger partial charge in [-0.1, -0.05) is 11.6 Å². The van der Waals surface area contributed by atoms with Crippen LogP contribution >= 0.6 is 38.9 Å². The highest BCUT2D eigenvalue weighted by molar-refractivity contribution is 9.10. The zero-order chi connectivity index (χ0) is 12.4. The van der Waals surface area contributed by atoms with Gasteiger partial charge in [-0.2, -0.15) is 0 Å². The smallest absolute Gasteiger partial charge is 0.129 e. The lowest BCUT2D eigenvalue weighted by molar-refractivity contribution is 0.174. The Morgan fingerprint density at radius 1 is 1.41 bits per heavy atom. The fraction of sp³-hybridized carbons (Fsp3) is 0.167. The molecule has 5 heteroatoms. The van der Waals surface area contributed by atoms with E-state index in [1.807, 2.05) is 11.4 Å². The molecule has 0 bridgehead atoms. The van der Waals surface area contributed by atoms with E-state index in [4.69, 9.17) is 11.6 Å². The van der Waals surface area contributed by atoms with Gasteiger partial charge in [-0.25, -0.2) is 4.39 Å². The van der Waals surface area contributed by atoms with Crippen molar-refractivity contribution in [2.24, 2.45) is 0 Å². The maximum Gasteiger partial charge on any atom is 0.129 e. The van der Waals surface area contributed by atoms with Crippen LogP contribution in [-0.2, 0) is 6.42 Å². The fourth-order valence-electron chi connectivity index (χ4n) is 1.53. The van der Waals surface area contributed by atoms with Crippen LogP contribution in [0.15, 0.2) is 34.1 Å². The second-order valence-electron chi connectivity index (χ2n) is 3.58. The molecule has 0 saturated carbocycles. The molecule has 0 aliphatic carbocycles. The van der Waals surface area contributed by atoms with Crippen LogP contribution in [0.5, 0.6) is 0 Å². The van der Waals surface area contributed by atoms with Crippen LogP contribution in [0.3, 0.4) is 0 Å². The first-order valence-electron chi connectivity index (χ1n) is 4.93. The van der Waals surface area contributed by atoms with E-state index >= 15 is 0 Å². The average molecular weight is 336 g/mol. The Balaban J connectivity index is 2.23. The Morgan fingerprint density at radius 3 is 2.82 bits per heavy atom. The molecule has 1 heterocycles. The first-order valence-corrected chi connectivity index (χ1v) is 6.98. The minimum absolute atomic E-state index is 0.234. The van der Waals surface area contributed by atoms with E-state index in [0.29, 0.717) is 11.4 Å². The summed E-state index contributed by atoms with van der Waals surface area (Å²) in [5, 5.41) is 12.3. The van der Waals surface area contributed by atoms with Crippen LogP contribution in [0, 0.1) is 5.82 Å². The van der Waals surface area contributed by atoms with Gasteiger partial charge in [0.25, 0.3) is 0 Å². The molecule has 90 valence electrons. The van der Waals surface area contributed by atoms with Crippen molar-refractivity contribution in [3.05, 3.63) is 55.4 Å². The van der Waals surface area contributed by atoms with E-state index in [1.54, 1.807) is 0 Å². The summed E-state index contributed by atoms with van der Waals surface area (Å²) in [5.41, 5.74) is 0.234. The van der Waals surface area contributed by atoms with E-state index in [0.717, 1.165) is 9.35 Å². The topological polar surface area (TPSA) is 20.2 Å². The number of hydrogen-bond acceptors (Lipinski definition) is 2. The van der Waals surface area contributed by atoms with E-state index in [-0.39, 0.29) is 5.56 Å². The summed E-state index contributed by atoms with van der Waals surface area (Å²) in [5.74, 6) is -0.436. The lowest BCUT2D eigenvalue weighted by Crippen LogP contribution is -2.03. The molecule has 1 atom stereocenters. The number of aliphatic hydroxyl groups excluding tert-OH is 1. The van der Waals surface area contributed by atoms with Crippen LogP contribution in [0.4, 0.5) is 4.39 Å². The quantitative estimate of drug-likeness (QED) is 0.870. The zero-order valence-electron chi connectivity index (χ0n) is 8.66. The van der Waals surface area contributed by atoms with Gasteiger partial charge in [-0.3, -0.25) is 0 Å². The average Bonchev–Trinajstić information content (AvgIpc) is 2.68. The highest BCUT2D eigenvalue weighted by atomic mass is 79.9. The SMILES string of the molecule is OC(Cc1sccc1Br)c1cc(Cl)ccc1F. The lowest BCUT2D eigenvalue weighted by Gasteiger charge is -2.11. The van der Waals surface area contributed by atoms with Crippen molar-refractivity contribution in [1.29, 1.82) is 0 Å². The van der Waals surface area contributed by atoms with Gasteiger partial charge in [0.05, 0.1) is 6.10 Å². The first kappa shape index (κ1) is 13.0. The van der Waals surface area contributed by atoms with Gasteiger partial charge < -0.3 is 5.11 Å². The molecule has 0 fully saturated rings. The van der Waals surface area contributed by atoms with Crippen molar-refractivity contribution in [3.8, 4) is 0 Å². The predicted molar refractivity (Wildman–Crippen MR) is 72.1 cm³/mol. The molecule has 2 rings (SSSR count). The Labute approximate surface area is 116 Å². The van der Waals surface area contributed by atoms with Gasteiger partial charge in [0.1, 0.15) is 5.82 Å². The minimum Gasteiger partial charge on any atom is -0.388 e. The third-order valence-corrected chi connectivity index (χ3v) is 4.57. The molecule has 0 aliphatic heterocycles. The van der Waals surface area contributed by atoms with Crippen molar-refractivity contribution in [2.75, 3.05) is 0 Å². The molecular formula is C12H9BrClFOS. The van der Waals surface area contributed by atoms with E-state index in [9.17, 15) is 9.50 Å². The van der Waals surface area contributed by atoms with Crippen LogP contribution in [-0.4, -0.2) is 5.11 Å². The fourth-order valence-corrected chi connectivity index (χ4v) is 3.26. The van der Waals surface area contributed by atoms with Gasteiger partial charge >= 0.3 is 0 Å². The van der Waals surface area contributed by atoms with Crippen molar-refractivity contribution in [1.82, 2.24) is 0 Å². The third kappa shape index (κ3) is 3.07. The van der Waals surface area contributed by atoms with Gasteiger partial charge in [-0.05, 0) is 45.6 Å². The molecular weight excluding hydrogens is 327 g/mol. The summed E-state index contributed by atoms with van der Waals surface area (Å²) < 4.78 is 14.5. The number of rotatable bonds is 3. The molecule has 0 amide bonds. The van der Waals surface area contributed by atoms with E-state index in [1.165, 1.54) is 29.5 Å². The van der Waals surface area contributed by atoms with Crippen molar-refractivity contribution < 1.29 is 9.50 Å². The molecule has 1 unspecified atom stereocenters. The number of halogens is 3. The molecule has 17 heavy (non-hydrogen) atoms. The third-order valence-electron chi connectivity index (χ3n) is 2.39. The van der Waals surface area contributed by atoms with Crippen LogP contribution < -0.4 is 0 Å². The van der Waals surface area contributed by atoms with Crippen molar-refractivity contribution >= 4 is 38.9 Å². The van der Waals surface area contributed by atoms with E-state index < -0.39 is 11.9 Å². The van der Waals surface area contributed by atoms with Gasteiger partial charge in [-0.15, -0.1) is 11.3 Å². The minimum atomic E-state index is -0.886. The summed E-state index contributed by atoms with van der Waals surface area (Å²) >= 11 is 10.7. The van der Waals surface area contributed by atoms with Crippen LogP contribution in [0.2, 0.25) is 5.02 Å². The Hall–Kier alpha value is -0.420. The maximum absolute atomic E-state index is 13.5. The van der Waals surface area contributed by atoms with Gasteiger partial charge in [0.2, 0.25) is 0 Å². The predicted octanol–water partition coefficient (Wildman–Crippen LogP) is 4.58. The number of thiophene rings is 1. The molecule has 0 radical (unpaired) electrons. The Morgan fingerprint density at radius 2 is 2.18 bits per heavy atom. The summed E-state index contributed by atoms with van der Waals surface area (Å²) in [6.45, 7) is 0. The van der Waals surface area contributed by atoms with E-state index in [2.05, 4.69) is 15.9 Å². The second kappa shape index (κ2) is 5.48. The zero-order valence-corrected chi connectivity index (χ0v) is 11.8. The normalized spacial score (nSPS) is 12.7. The van der Waals surface area contributed by atoms with Crippen LogP contribution in [0.1, 0.15) is 16.5 Å². The van der Waals surface area contributed by atoms with Crippen molar-refractivity contribution in [3.63, 3.8) is 0 Å². The number of aliphatic hydroxyl groups is 1. The van der Waals surface area contributed by atoms with Gasteiger partial charge in [0.15, 0.2) is 0 Å². The largest absolute Gasteiger partial charge is 0.388 e. The summed E-state index contributed by atoms with van der Waals surface area (Å²) in [7, 11) is 0. The Kier molecular flexibility index (Phi) is 4.20. The molecule has 0 saturated heterocycles. The monoisotopic (exact) mass is 334 g/mol. The number of hydrogen-bond donors (Lipinski definition) is 1. The lowest BCUT2D eigenvalue weighted by atomic mass is 10.1. The highest BCUT2D eigenvalue weighted by Crippen LogP contribution is 2.30. The standard InChI is InChI=1S/C12H9BrClFOS/c13-9-3-4-17-12(9)6-11(16)8-5-7(14)1-2-10(8)15/h1-5,11,16H,6H2. The Bertz CT molecular complexity index is 529. The van der Waals surface area contributed by atoms with Crippen molar-refractivity contribution in [2.45, 2.75) is 12.5 Å². The summed E-state index contributed by atoms with van der Waals surface area (Å²) in [4.78, 5) is 0.983. The second-order valence-corrected chi connectivity index (χ2v) is 5.87. The number of benzene rings is 1. The van der Waals surface area contributed by atoms with Crippen LogP contribution in [0.25, 0.3) is 0 Å². The maximum atomic E-state index is 13.5. The summed E-state index contributed by atoms with van der Waals surface area (Å²) in [6, 6.07) is 6.10. The molecule has 2 aromatic rings. The molecule has 1 aromatic carbocycles. The van der Waals surface area contributed by atoms with Gasteiger partial charge in [0, 0.05) is 26.4 Å². The molecule has 1 N–H and O–H groups in total.